The minimum atomic E-state index is -0.0616. The van der Waals surface area contributed by atoms with Gasteiger partial charge in [-0.05, 0) is 20.3 Å². The summed E-state index contributed by atoms with van der Waals surface area (Å²) in [5, 5.41) is 3.84. The van der Waals surface area contributed by atoms with Crippen LogP contribution in [0.25, 0.3) is 0 Å². The molecule has 0 unspecified atom stereocenters. The lowest BCUT2D eigenvalue weighted by molar-refractivity contribution is 0.199. The molecule has 3 heteroatoms. The predicted molar refractivity (Wildman–Crippen MR) is 50.2 cm³/mol. The van der Waals surface area contributed by atoms with E-state index < -0.39 is 0 Å². The van der Waals surface area contributed by atoms with Crippen molar-refractivity contribution in [2.75, 3.05) is 19.6 Å². The van der Waals surface area contributed by atoms with Crippen molar-refractivity contribution in [2.45, 2.75) is 33.6 Å². The summed E-state index contributed by atoms with van der Waals surface area (Å²) >= 11 is 0. The van der Waals surface area contributed by atoms with Gasteiger partial charge in [0.1, 0.15) is 0 Å². The van der Waals surface area contributed by atoms with Crippen LogP contribution in [0, 0.1) is 0 Å². The van der Waals surface area contributed by atoms with Crippen molar-refractivity contribution in [1.82, 2.24) is 10.2 Å². The van der Waals surface area contributed by atoms with E-state index >= 15 is 0 Å². The molecule has 0 aliphatic heterocycles. The van der Waals surface area contributed by atoms with Crippen LogP contribution in [0.3, 0.4) is 0 Å². The van der Waals surface area contributed by atoms with Gasteiger partial charge in [0.25, 0.3) is 0 Å². The number of nitrogens with zero attached hydrogens (tertiary/aromatic N) is 2. The van der Waals surface area contributed by atoms with Crippen LogP contribution in [0.5, 0.6) is 0 Å². The summed E-state index contributed by atoms with van der Waals surface area (Å²) in [5.41, 5.74) is 0. The van der Waals surface area contributed by atoms with Crippen molar-refractivity contribution in [3.63, 3.8) is 0 Å². The Labute approximate surface area is 75.1 Å². The summed E-state index contributed by atoms with van der Waals surface area (Å²) < 4.78 is 0. The minimum Gasteiger partial charge on any atom is -0.323 e. The average Bonchev–Trinajstić information content (AvgIpc) is 2.06. The molecule has 0 aromatic heterocycles. The Morgan fingerprint density at radius 2 is 2.00 bits per heavy atom. The molecule has 0 heterocycles. The maximum atomic E-state index is 11.2. The van der Waals surface area contributed by atoms with E-state index in [0.29, 0.717) is 6.54 Å². The van der Waals surface area contributed by atoms with E-state index in [4.69, 9.17) is 0 Å². The lowest BCUT2D eigenvalue weighted by Gasteiger charge is -2.18. The van der Waals surface area contributed by atoms with Gasteiger partial charge in [-0.25, -0.2) is 10.1 Å². The summed E-state index contributed by atoms with van der Waals surface area (Å²) in [7, 11) is 0. The number of carbonyl (C=O) groups excluding carboxylic acids is 1. The molecule has 0 bridgehead atoms. The third-order valence-corrected chi connectivity index (χ3v) is 1.73. The molecule has 0 saturated carbocycles. The minimum absolute atomic E-state index is 0.0616. The molecule has 0 aliphatic carbocycles. The van der Waals surface area contributed by atoms with Crippen molar-refractivity contribution < 1.29 is 4.79 Å². The third kappa shape index (κ3) is 4.21. The molecule has 0 atom stereocenters. The van der Waals surface area contributed by atoms with Crippen molar-refractivity contribution in [2.24, 2.45) is 0 Å². The maximum Gasteiger partial charge on any atom is 0.338 e. The molecule has 0 aromatic carbocycles. The Balaban J connectivity index is 3.71. The SMILES string of the molecule is CCCCN(CC)C(=O)[N]CC. The lowest BCUT2D eigenvalue weighted by atomic mass is 10.3. The summed E-state index contributed by atoms with van der Waals surface area (Å²) in [6.45, 7) is 8.18. The lowest BCUT2D eigenvalue weighted by Crippen LogP contribution is -2.36. The molecule has 12 heavy (non-hydrogen) atoms. The van der Waals surface area contributed by atoms with E-state index in [1.165, 1.54) is 0 Å². The number of amides is 2. The topological polar surface area (TPSA) is 34.4 Å². The van der Waals surface area contributed by atoms with Crippen molar-refractivity contribution in [3.8, 4) is 0 Å². The van der Waals surface area contributed by atoms with E-state index in [0.717, 1.165) is 25.9 Å². The quantitative estimate of drug-likeness (QED) is 0.621. The molecule has 0 aliphatic rings. The average molecular weight is 171 g/mol. The van der Waals surface area contributed by atoms with E-state index in [2.05, 4.69) is 12.2 Å². The van der Waals surface area contributed by atoms with Gasteiger partial charge in [0.05, 0.1) is 0 Å². The normalized spacial score (nSPS) is 9.58. The molecule has 3 nitrogen and oxygen atoms in total. The first-order chi connectivity index (χ1) is 5.76. The Kier molecular flexibility index (Phi) is 6.53. The first kappa shape index (κ1) is 11.3. The second-order valence-electron chi connectivity index (χ2n) is 2.69. The molecule has 0 spiro atoms. The van der Waals surface area contributed by atoms with Gasteiger partial charge in [-0.15, -0.1) is 0 Å². The van der Waals surface area contributed by atoms with Crippen LogP contribution in [0.2, 0.25) is 0 Å². The van der Waals surface area contributed by atoms with E-state index in [9.17, 15) is 4.79 Å². The second-order valence-corrected chi connectivity index (χ2v) is 2.69. The van der Waals surface area contributed by atoms with Gasteiger partial charge >= 0.3 is 6.03 Å². The van der Waals surface area contributed by atoms with Crippen LogP contribution in [-0.2, 0) is 0 Å². The van der Waals surface area contributed by atoms with Crippen LogP contribution in [0.15, 0.2) is 0 Å². The standard InChI is InChI=1S/C9H19N2O/c1-4-7-8-11(6-3)9(12)10-5-2/h4-8H2,1-3H3. The highest BCUT2D eigenvalue weighted by Gasteiger charge is 2.09. The molecule has 0 saturated heterocycles. The summed E-state index contributed by atoms with van der Waals surface area (Å²) in [4.78, 5) is 13.0. The molecule has 0 aromatic rings. The van der Waals surface area contributed by atoms with Gasteiger partial charge < -0.3 is 4.90 Å². The van der Waals surface area contributed by atoms with Gasteiger partial charge in [0, 0.05) is 19.6 Å². The van der Waals surface area contributed by atoms with Crippen LogP contribution >= 0.6 is 0 Å². The molecule has 0 fully saturated rings. The first-order valence-electron chi connectivity index (χ1n) is 4.72. The van der Waals surface area contributed by atoms with E-state index in [-0.39, 0.29) is 6.03 Å². The number of hydrogen-bond donors (Lipinski definition) is 0. The largest absolute Gasteiger partial charge is 0.338 e. The van der Waals surface area contributed by atoms with Crippen molar-refractivity contribution in [1.29, 1.82) is 0 Å². The van der Waals surface area contributed by atoms with Crippen LogP contribution in [0.4, 0.5) is 4.79 Å². The molecule has 2 amide bonds. The van der Waals surface area contributed by atoms with E-state index in [1.807, 2.05) is 13.8 Å². The Hall–Kier alpha value is -0.730. The monoisotopic (exact) mass is 171 g/mol. The fourth-order valence-corrected chi connectivity index (χ4v) is 0.973. The number of hydrogen-bond acceptors (Lipinski definition) is 1. The zero-order valence-corrected chi connectivity index (χ0v) is 8.34. The van der Waals surface area contributed by atoms with Crippen molar-refractivity contribution >= 4 is 6.03 Å². The van der Waals surface area contributed by atoms with Gasteiger partial charge in [-0.2, -0.15) is 0 Å². The van der Waals surface area contributed by atoms with Crippen LogP contribution in [0.1, 0.15) is 33.6 Å². The fourth-order valence-electron chi connectivity index (χ4n) is 0.973. The number of rotatable bonds is 5. The Morgan fingerprint density at radius 1 is 1.33 bits per heavy atom. The van der Waals surface area contributed by atoms with Gasteiger partial charge in [-0.1, -0.05) is 13.3 Å². The van der Waals surface area contributed by atoms with Crippen LogP contribution in [-0.4, -0.2) is 30.6 Å². The molecule has 71 valence electrons. The Morgan fingerprint density at radius 3 is 2.42 bits per heavy atom. The van der Waals surface area contributed by atoms with Gasteiger partial charge in [0.15, 0.2) is 0 Å². The first-order valence-corrected chi connectivity index (χ1v) is 4.72. The molecule has 0 N–H and O–H groups in total. The molecular formula is C9H19N2O. The van der Waals surface area contributed by atoms with Gasteiger partial charge in [-0.3, -0.25) is 0 Å². The van der Waals surface area contributed by atoms with Crippen molar-refractivity contribution in [3.05, 3.63) is 0 Å². The summed E-state index contributed by atoms with van der Waals surface area (Å²) in [5.74, 6) is 0. The number of urea groups is 1. The predicted octanol–water partition coefficient (Wildman–Crippen LogP) is 1.85. The zero-order chi connectivity index (χ0) is 9.40. The highest BCUT2D eigenvalue weighted by molar-refractivity contribution is 5.73. The summed E-state index contributed by atoms with van der Waals surface area (Å²) in [6.07, 6.45) is 2.19. The third-order valence-electron chi connectivity index (χ3n) is 1.73. The molecule has 0 rings (SSSR count). The summed E-state index contributed by atoms with van der Waals surface area (Å²) in [6, 6.07) is -0.0616. The van der Waals surface area contributed by atoms with E-state index in [1.54, 1.807) is 4.90 Å². The smallest absolute Gasteiger partial charge is 0.323 e. The Bertz CT molecular complexity index is 126. The highest BCUT2D eigenvalue weighted by atomic mass is 16.2. The highest BCUT2D eigenvalue weighted by Crippen LogP contribution is 1.95. The van der Waals surface area contributed by atoms with Gasteiger partial charge in [0.2, 0.25) is 0 Å². The zero-order valence-electron chi connectivity index (χ0n) is 8.34. The second kappa shape index (κ2) is 6.95. The molecule has 1 radical (unpaired) electrons. The molecular weight excluding hydrogens is 152 g/mol. The number of unbranched alkanes of at least 4 members (excludes halogenated alkanes) is 1. The number of carbonyl (C=O) groups is 1. The maximum absolute atomic E-state index is 11.2. The fraction of sp³-hybridized carbons (Fsp3) is 0.889. The van der Waals surface area contributed by atoms with Crippen LogP contribution < -0.4 is 5.32 Å².